The van der Waals surface area contributed by atoms with Gasteiger partial charge in [-0.2, -0.15) is 0 Å². The third-order valence-electron chi connectivity index (χ3n) is 4.09. The Kier molecular flexibility index (Phi) is 4.59. The average molecular weight is 395 g/mol. The molecule has 0 radical (unpaired) electrons. The van der Waals surface area contributed by atoms with Crippen molar-refractivity contribution >= 4 is 44.9 Å². The minimum atomic E-state index is -0.238. The van der Waals surface area contributed by atoms with Crippen molar-refractivity contribution in [3.05, 3.63) is 70.4 Å². The van der Waals surface area contributed by atoms with E-state index in [-0.39, 0.29) is 5.91 Å². The Morgan fingerprint density at radius 1 is 1.07 bits per heavy atom. The summed E-state index contributed by atoms with van der Waals surface area (Å²) in [7, 11) is 0. The minimum Gasteiger partial charge on any atom is -0.296 e. The standard InChI is InChI=1S/C20H15ClN4OS/c1-11-7-8-17-14(9-11)15(10-12(2)22-17)18(26)23-20-25-24-19(27-20)13-5-3-4-6-16(13)21/h3-10H,1-2H3,(H,23,25,26). The van der Waals surface area contributed by atoms with Crippen molar-refractivity contribution in [3.63, 3.8) is 0 Å². The molecule has 7 heteroatoms. The first-order valence-corrected chi connectivity index (χ1v) is 9.48. The molecular formula is C20H15ClN4OS. The summed E-state index contributed by atoms with van der Waals surface area (Å²) in [6.45, 7) is 3.86. The zero-order valence-corrected chi connectivity index (χ0v) is 16.2. The number of nitrogens with zero attached hydrogens (tertiary/aromatic N) is 3. The number of benzene rings is 2. The summed E-state index contributed by atoms with van der Waals surface area (Å²) in [6.07, 6.45) is 0. The summed E-state index contributed by atoms with van der Waals surface area (Å²) in [4.78, 5) is 17.4. The number of halogens is 1. The molecule has 1 amide bonds. The topological polar surface area (TPSA) is 67.8 Å². The van der Waals surface area contributed by atoms with E-state index in [4.69, 9.17) is 11.6 Å². The molecule has 2 aromatic carbocycles. The SMILES string of the molecule is Cc1ccc2nc(C)cc(C(=O)Nc3nnc(-c4ccccc4Cl)s3)c2c1. The first-order valence-electron chi connectivity index (χ1n) is 8.29. The largest absolute Gasteiger partial charge is 0.296 e. The van der Waals surface area contributed by atoms with E-state index in [1.807, 2.05) is 50.2 Å². The predicted molar refractivity (Wildman–Crippen MR) is 110 cm³/mol. The molecule has 0 spiro atoms. The lowest BCUT2D eigenvalue weighted by molar-refractivity contribution is 0.102. The van der Waals surface area contributed by atoms with Crippen molar-refractivity contribution in [2.75, 3.05) is 5.32 Å². The number of aromatic nitrogens is 3. The lowest BCUT2D eigenvalue weighted by Gasteiger charge is -2.08. The van der Waals surface area contributed by atoms with E-state index in [1.54, 1.807) is 12.1 Å². The number of nitrogens with one attached hydrogen (secondary N) is 1. The predicted octanol–water partition coefficient (Wildman–Crippen LogP) is 5.28. The van der Waals surface area contributed by atoms with Crippen molar-refractivity contribution in [1.29, 1.82) is 0 Å². The Morgan fingerprint density at radius 3 is 2.70 bits per heavy atom. The van der Waals surface area contributed by atoms with Gasteiger partial charge >= 0.3 is 0 Å². The molecule has 0 aliphatic rings. The fourth-order valence-corrected chi connectivity index (χ4v) is 3.90. The molecule has 0 unspecified atom stereocenters. The highest BCUT2D eigenvalue weighted by Crippen LogP contribution is 2.32. The maximum atomic E-state index is 12.9. The van der Waals surface area contributed by atoms with Gasteiger partial charge in [-0.05, 0) is 38.1 Å². The number of carbonyl (C=O) groups excluding carboxylic acids is 1. The molecule has 0 saturated heterocycles. The van der Waals surface area contributed by atoms with Gasteiger partial charge in [-0.1, -0.05) is 52.8 Å². The molecule has 134 valence electrons. The van der Waals surface area contributed by atoms with Crippen LogP contribution in [0.3, 0.4) is 0 Å². The normalized spacial score (nSPS) is 10.9. The van der Waals surface area contributed by atoms with E-state index in [1.165, 1.54) is 11.3 Å². The number of rotatable bonds is 3. The zero-order chi connectivity index (χ0) is 19.0. The molecule has 0 aliphatic carbocycles. The quantitative estimate of drug-likeness (QED) is 0.513. The first kappa shape index (κ1) is 17.6. The molecule has 0 aliphatic heterocycles. The molecule has 2 aromatic heterocycles. The van der Waals surface area contributed by atoms with Crippen LogP contribution in [-0.4, -0.2) is 21.1 Å². The van der Waals surface area contributed by atoms with Gasteiger partial charge < -0.3 is 0 Å². The van der Waals surface area contributed by atoms with Crippen LogP contribution in [-0.2, 0) is 0 Å². The van der Waals surface area contributed by atoms with Gasteiger partial charge in [0, 0.05) is 16.6 Å². The lowest BCUT2D eigenvalue weighted by atomic mass is 10.0. The maximum absolute atomic E-state index is 12.9. The molecule has 1 N–H and O–H groups in total. The summed E-state index contributed by atoms with van der Waals surface area (Å²) < 4.78 is 0. The van der Waals surface area contributed by atoms with Crippen molar-refractivity contribution in [3.8, 4) is 10.6 Å². The van der Waals surface area contributed by atoms with Crippen LogP contribution in [0.1, 0.15) is 21.6 Å². The van der Waals surface area contributed by atoms with Gasteiger partial charge in [-0.25, -0.2) is 0 Å². The second-order valence-corrected chi connectivity index (χ2v) is 7.56. The summed E-state index contributed by atoms with van der Waals surface area (Å²) in [5, 5.41) is 13.6. The fourth-order valence-electron chi connectivity index (χ4n) is 2.84. The number of hydrogen-bond donors (Lipinski definition) is 1. The highest BCUT2D eigenvalue weighted by Gasteiger charge is 2.16. The third-order valence-corrected chi connectivity index (χ3v) is 5.29. The second-order valence-electron chi connectivity index (χ2n) is 6.18. The number of fused-ring (bicyclic) bond motifs is 1. The number of aryl methyl sites for hydroxylation is 2. The number of anilines is 1. The number of carbonyl (C=O) groups is 1. The van der Waals surface area contributed by atoms with Crippen LogP contribution in [0.25, 0.3) is 21.5 Å². The molecule has 0 saturated carbocycles. The molecule has 0 bridgehead atoms. The molecule has 27 heavy (non-hydrogen) atoms. The van der Waals surface area contributed by atoms with E-state index in [0.717, 1.165) is 27.7 Å². The monoisotopic (exact) mass is 394 g/mol. The average Bonchev–Trinajstić information content (AvgIpc) is 3.10. The van der Waals surface area contributed by atoms with E-state index in [9.17, 15) is 4.79 Å². The molecule has 0 atom stereocenters. The van der Waals surface area contributed by atoms with E-state index >= 15 is 0 Å². The van der Waals surface area contributed by atoms with Crippen LogP contribution in [0.5, 0.6) is 0 Å². The van der Waals surface area contributed by atoms with Crippen LogP contribution in [0, 0.1) is 13.8 Å². The second kappa shape index (κ2) is 7.06. The van der Waals surface area contributed by atoms with Crippen molar-refractivity contribution < 1.29 is 4.79 Å². The first-order chi connectivity index (χ1) is 13.0. The molecular weight excluding hydrogens is 380 g/mol. The Morgan fingerprint density at radius 2 is 1.89 bits per heavy atom. The number of pyridine rings is 1. The van der Waals surface area contributed by atoms with Gasteiger partial charge in [0.1, 0.15) is 0 Å². The maximum Gasteiger partial charge on any atom is 0.258 e. The van der Waals surface area contributed by atoms with Crippen LogP contribution in [0.4, 0.5) is 5.13 Å². The smallest absolute Gasteiger partial charge is 0.258 e. The van der Waals surface area contributed by atoms with Gasteiger partial charge in [-0.15, -0.1) is 10.2 Å². The van der Waals surface area contributed by atoms with Crippen molar-refractivity contribution in [2.45, 2.75) is 13.8 Å². The third kappa shape index (κ3) is 3.54. The van der Waals surface area contributed by atoms with Gasteiger partial charge in [0.2, 0.25) is 5.13 Å². The van der Waals surface area contributed by atoms with Crippen LogP contribution in [0.2, 0.25) is 5.02 Å². The van der Waals surface area contributed by atoms with Gasteiger partial charge in [0.05, 0.1) is 16.1 Å². The van der Waals surface area contributed by atoms with E-state index in [2.05, 4.69) is 20.5 Å². The molecule has 0 fully saturated rings. The lowest BCUT2D eigenvalue weighted by Crippen LogP contribution is -2.13. The Labute approximate surface area is 165 Å². The zero-order valence-electron chi connectivity index (χ0n) is 14.7. The number of amides is 1. The van der Waals surface area contributed by atoms with E-state index < -0.39 is 0 Å². The summed E-state index contributed by atoms with van der Waals surface area (Å²) in [6, 6.07) is 15.1. The van der Waals surface area contributed by atoms with Gasteiger partial charge in [0.25, 0.3) is 5.91 Å². The summed E-state index contributed by atoms with van der Waals surface area (Å²) >= 11 is 7.49. The van der Waals surface area contributed by atoms with Crippen LogP contribution >= 0.6 is 22.9 Å². The van der Waals surface area contributed by atoms with E-state index in [0.29, 0.717) is 20.7 Å². The summed E-state index contributed by atoms with van der Waals surface area (Å²) in [5.74, 6) is -0.238. The highest BCUT2D eigenvalue weighted by atomic mass is 35.5. The van der Waals surface area contributed by atoms with Crippen LogP contribution in [0.15, 0.2) is 48.5 Å². The van der Waals surface area contributed by atoms with Crippen molar-refractivity contribution in [2.24, 2.45) is 0 Å². The molecule has 2 heterocycles. The summed E-state index contributed by atoms with van der Waals surface area (Å²) in [5.41, 5.74) is 4.00. The molecule has 4 aromatic rings. The number of hydrogen-bond acceptors (Lipinski definition) is 5. The van der Waals surface area contributed by atoms with Gasteiger partial charge in [-0.3, -0.25) is 15.1 Å². The fraction of sp³-hybridized carbons (Fsp3) is 0.100. The Balaban J connectivity index is 1.67. The molecule has 5 nitrogen and oxygen atoms in total. The highest BCUT2D eigenvalue weighted by molar-refractivity contribution is 7.18. The Bertz CT molecular complexity index is 1170. The van der Waals surface area contributed by atoms with Crippen molar-refractivity contribution in [1.82, 2.24) is 15.2 Å². The Hall–Kier alpha value is -2.83. The minimum absolute atomic E-state index is 0.238. The van der Waals surface area contributed by atoms with Crippen LogP contribution < -0.4 is 5.32 Å². The van der Waals surface area contributed by atoms with Gasteiger partial charge in [0.15, 0.2) is 5.01 Å². The molecule has 4 rings (SSSR count).